The van der Waals surface area contributed by atoms with Crippen LogP contribution < -0.4 is 5.43 Å². The van der Waals surface area contributed by atoms with E-state index in [1.54, 1.807) is 43.3 Å². The number of hydrazine groups is 1. The van der Waals surface area contributed by atoms with E-state index in [1.165, 1.54) is 10.7 Å². The maximum atomic E-state index is 13.7. The Morgan fingerprint density at radius 3 is 2.52 bits per heavy atom. The van der Waals surface area contributed by atoms with E-state index >= 15 is 0 Å². The Kier molecular flexibility index (Phi) is 4.08. The average molecular weight is 532 g/mol. The fraction of sp³-hybridized carbons (Fsp3) is 0.304. The number of nitrogens with one attached hydrogen (secondary N) is 1. The monoisotopic (exact) mass is 530 g/mol. The van der Waals surface area contributed by atoms with Crippen molar-refractivity contribution in [1.29, 1.82) is 0 Å². The van der Waals surface area contributed by atoms with Crippen LogP contribution in [-0.2, 0) is 6.42 Å². The number of benzene rings is 2. The Labute approximate surface area is 214 Å². The number of halogens is 3. The fourth-order valence-corrected chi connectivity index (χ4v) is 3.89. The minimum atomic E-state index is -3.62. The van der Waals surface area contributed by atoms with Crippen LogP contribution in [0.4, 0.5) is 0 Å². The van der Waals surface area contributed by atoms with Crippen LogP contribution in [0.3, 0.4) is 0 Å². The summed E-state index contributed by atoms with van der Waals surface area (Å²) in [5.41, 5.74) is 3.41. The first-order valence-electron chi connectivity index (χ1n) is 14.2. The van der Waals surface area contributed by atoms with Crippen molar-refractivity contribution < 1.29 is 18.5 Å². The smallest absolute Gasteiger partial charge is 0.283 e. The highest BCUT2D eigenvalue weighted by Gasteiger charge is 2.26. The number of rotatable bonds is 5. The summed E-state index contributed by atoms with van der Waals surface area (Å²) in [7, 11) is 0. The Bertz CT molecular complexity index is 1480. The SMILES string of the molecule is [2H]C1([2H])N(NC(=O)c2nn(-c3ccc(Cl)cc3Cl)c(-c3ccc(Br)cc3)c2CC)C([2H])([2H])C([2H])([2H])C([2H])([2H])C1([2H])[2H]. The third-order valence-corrected chi connectivity index (χ3v) is 5.55. The van der Waals surface area contributed by atoms with Gasteiger partial charge in [0.1, 0.15) is 0 Å². The molecule has 31 heavy (non-hydrogen) atoms. The molecule has 0 spiro atoms. The second kappa shape index (κ2) is 9.74. The van der Waals surface area contributed by atoms with Gasteiger partial charge in [0.05, 0.1) is 16.4 Å². The number of hydrogen-bond donors (Lipinski definition) is 1. The predicted molar refractivity (Wildman–Crippen MR) is 129 cm³/mol. The van der Waals surface area contributed by atoms with Crippen molar-refractivity contribution in [3.63, 3.8) is 0 Å². The molecule has 2 heterocycles. The van der Waals surface area contributed by atoms with Gasteiger partial charge in [-0.1, -0.05) is 64.6 Å². The van der Waals surface area contributed by atoms with Crippen LogP contribution in [0.5, 0.6) is 0 Å². The second-order valence-electron chi connectivity index (χ2n) is 6.42. The zero-order chi connectivity index (χ0) is 30.9. The molecule has 8 heteroatoms. The zero-order valence-corrected chi connectivity index (χ0v) is 19.2. The fourth-order valence-electron chi connectivity index (χ4n) is 3.14. The minimum absolute atomic E-state index is 0.142. The first-order valence-corrected chi connectivity index (χ1v) is 10.7. The van der Waals surface area contributed by atoms with E-state index in [1.807, 2.05) is 5.43 Å². The predicted octanol–water partition coefficient (Wildman–Crippen LogP) is 6.30. The molecule has 1 fully saturated rings. The number of carbonyl (C=O) groups excluding carboxylic acids is 1. The molecule has 0 atom stereocenters. The van der Waals surface area contributed by atoms with Crippen molar-refractivity contribution in [2.45, 2.75) is 32.5 Å². The highest BCUT2D eigenvalue weighted by Crippen LogP contribution is 2.34. The van der Waals surface area contributed by atoms with Crippen molar-refractivity contribution in [3.05, 3.63) is 68.2 Å². The van der Waals surface area contributed by atoms with E-state index < -0.39 is 38.0 Å². The van der Waals surface area contributed by atoms with E-state index in [0.29, 0.717) is 27.5 Å². The molecule has 0 bridgehead atoms. The Balaban J connectivity index is 1.91. The third-order valence-electron chi connectivity index (χ3n) is 4.48. The largest absolute Gasteiger partial charge is 0.286 e. The van der Waals surface area contributed by atoms with Gasteiger partial charge in [-0.15, -0.1) is 0 Å². The highest BCUT2D eigenvalue weighted by atomic mass is 79.9. The van der Waals surface area contributed by atoms with E-state index in [9.17, 15) is 4.79 Å². The summed E-state index contributed by atoms with van der Waals surface area (Å²) >= 11 is 15.9. The van der Waals surface area contributed by atoms with Gasteiger partial charge in [-0.05, 0) is 49.5 Å². The van der Waals surface area contributed by atoms with Gasteiger partial charge in [-0.3, -0.25) is 10.2 Å². The van der Waals surface area contributed by atoms with Crippen molar-refractivity contribution in [2.24, 2.45) is 0 Å². The molecule has 162 valence electrons. The standard InChI is InChI=1S/C23H23BrCl2N4O/c1-2-18-21(23(31)28-29-12-4-3-5-13-29)27-30(20-11-10-17(25)14-19(20)26)22(18)15-6-8-16(24)9-7-15/h6-11,14H,2-5,12-13H2,1H3,(H,28,31)/i3D2,4D2,5D2,12D2,13D2. The van der Waals surface area contributed by atoms with Crippen molar-refractivity contribution >= 4 is 45.0 Å². The van der Waals surface area contributed by atoms with Gasteiger partial charge in [-0.2, -0.15) is 5.10 Å². The van der Waals surface area contributed by atoms with Gasteiger partial charge in [-0.25, -0.2) is 9.69 Å². The molecule has 4 rings (SSSR count). The molecule has 0 radical (unpaired) electrons. The first kappa shape index (κ1) is 13.0. The summed E-state index contributed by atoms with van der Waals surface area (Å²) in [6.45, 7) is -5.34. The normalized spacial score (nSPS) is 27.5. The van der Waals surface area contributed by atoms with Crippen molar-refractivity contribution in [2.75, 3.05) is 13.0 Å². The van der Waals surface area contributed by atoms with Crippen LogP contribution in [-0.4, -0.2) is 33.7 Å². The quantitative estimate of drug-likeness (QED) is 0.420. The van der Waals surface area contributed by atoms with E-state index in [0.717, 1.165) is 4.47 Å². The maximum absolute atomic E-state index is 13.7. The molecule has 1 saturated heterocycles. The lowest BCUT2D eigenvalue weighted by Crippen LogP contribution is -2.45. The summed E-state index contributed by atoms with van der Waals surface area (Å²) in [6, 6.07) is 11.7. The van der Waals surface area contributed by atoms with E-state index in [4.69, 9.17) is 36.9 Å². The van der Waals surface area contributed by atoms with E-state index in [2.05, 4.69) is 21.0 Å². The molecule has 2 aromatic carbocycles. The summed E-state index contributed by atoms with van der Waals surface area (Å²) < 4.78 is 83.8. The minimum Gasteiger partial charge on any atom is -0.283 e. The molecule has 1 amide bonds. The maximum Gasteiger partial charge on any atom is 0.286 e. The number of amides is 1. The third kappa shape index (κ3) is 4.82. The molecule has 1 aliphatic heterocycles. The Morgan fingerprint density at radius 2 is 1.87 bits per heavy atom. The molecule has 3 aromatic rings. The van der Waals surface area contributed by atoms with Crippen LogP contribution in [0, 0.1) is 0 Å². The van der Waals surface area contributed by atoms with Gasteiger partial charge < -0.3 is 0 Å². The molecular weight excluding hydrogens is 499 g/mol. The molecule has 5 nitrogen and oxygen atoms in total. The summed E-state index contributed by atoms with van der Waals surface area (Å²) in [6.07, 6.45) is -10.6. The first-order chi connectivity index (χ1) is 18.7. The molecule has 1 N–H and O–H groups in total. The number of carbonyl (C=O) groups is 1. The Morgan fingerprint density at radius 1 is 1.16 bits per heavy atom. The lowest BCUT2D eigenvalue weighted by molar-refractivity contribution is 0.0743. The molecule has 0 saturated carbocycles. The molecule has 0 unspecified atom stereocenters. The van der Waals surface area contributed by atoms with Crippen molar-refractivity contribution in [3.8, 4) is 16.9 Å². The topological polar surface area (TPSA) is 50.2 Å². The summed E-state index contributed by atoms with van der Waals surface area (Å²) in [4.78, 5) is 13.7. The molecule has 1 aliphatic rings. The van der Waals surface area contributed by atoms with Gasteiger partial charge in [0.2, 0.25) is 0 Å². The van der Waals surface area contributed by atoms with Crippen LogP contribution in [0.15, 0.2) is 46.9 Å². The van der Waals surface area contributed by atoms with Crippen molar-refractivity contribution in [1.82, 2.24) is 20.2 Å². The molecular formula is C23H23BrCl2N4O. The Hall–Kier alpha value is -1.86. The average Bonchev–Trinajstić information content (AvgIpc) is 3.25. The lowest BCUT2D eigenvalue weighted by atomic mass is 10.0. The number of nitrogens with zero attached hydrogens (tertiary/aromatic N) is 3. The van der Waals surface area contributed by atoms with Gasteiger partial charge in [0.25, 0.3) is 5.91 Å². The zero-order valence-electron chi connectivity index (χ0n) is 26.1. The number of hydrogen-bond acceptors (Lipinski definition) is 3. The highest BCUT2D eigenvalue weighted by molar-refractivity contribution is 9.10. The van der Waals surface area contributed by atoms with Crippen LogP contribution in [0.2, 0.25) is 10.0 Å². The van der Waals surface area contributed by atoms with Crippen LogP contribution in [0.25, 0.3) is 16.9 Å². The van der Waals surface area contributed by atoms with Crippen LogP contribution in [0.1, 0.15) is 55.8 Å². The van der Waals surface area contributed by atoms with Gasteiger partial charge in [0, 0.05) is 47.3 Å². The lowest BCUT2D eigenvalue weighted by Gasteiger charge is -2.26. The van der Waals surface area contributed by atoms with Gasteiger partial charge >= 0.3 is 0 Å². The number of piperidine rings is 1. The van der Waals surface area contributed by atoms with Crippen LogP contribution >= 0.6 is 39.1 Å². The van der Waals surface area contributed by atoms with Gasteiger partial charge in [0.15, 0.2) is 5.69 Å². The summed E-state index contributed by atoms with van der Waals surface area (Å²) in [5, 5.41) is 4.84. The van der Waals surface area contributed by atoms with E-state index in [-0.39, 0.29) is 22.1 Å². The summed E-state index contributed by atoms with van der Waals surface area (Å²) in [5.74, 6) is -1.18. The molecule has 1 aromatic heterocycles. The number of aromatic nitrogens is 2. The molecule has 0 aliphatic carbocycles. The second-order valence-corrected chi connectivity index (χ2v) is 8.18.